The Kier molecular flexibility index (Phi) is 2.46. The number of carbonyl (C=O) groups is 1. The van der Waals surface area contributed by atoms with E-state index in [4.69, 9.17) is 9.84 Å². The summed E-state index contributed by atoms with van der Waals surface area (Å²) < 4.78 is 4.83. The van der Waals surface area contributed by atoms with E-state index < -0.39 is 0 Å². The maximum Gasteiger partial charge on any atom is 0.251 e. The summed E-state index contributed by atoms with van der Waals surface area (Å²) in [5.74, 6) is -0.0437. The highest BCUT2D eigenvalue weighted by Crippen LogP contribution is 2.09. The van der Waals surface area contributed by atoms with Gasteiger partial charge in [0.1, 0.15) is 6.10 Å². The fourth-order valence-corrected chi connectivity index (χ4v) is 0.993. The van der Waals surface area contributed by atoms with Crippen molar-refractivity contribution in [1.82, 2.24) is 4.90 Å². The molecule has 4 nitrogen and oxygen atoms in total. The number of hydrogen-bond acceptors (Lipinski definition) is 3. The molecule has 1 atom stereocenters. The van der Waals surface area contributed by atoms with Crippen molar-refractivity contribution >= 4 is 5.91 Å². The highest BCUT2D eigenvalue weighted by atomic mass is 16.5. The number of aliphatic hydroxyl groups excluding tert-OH is 1. The summed E-state index contributed by atoms with van der Waals surface area (Å²) in [4.78, 5) is 12.8. The second-order valence-electron chi connectivity index (χ2n) is 2.77. The third kappa shape index (κ3) is 1.70. The smallest absolute Gasteiger partial charge is 0.251 e. The molecule has 1 aliphatic heterocycles. The van der Waals surface area contributed by atoms with Gasteiger partial charge < -0.3 is 14.7 Å². The first-order valence-corrected chi connectivity index (χ1v) is 3.64. The van der Waals surface area contributed by atoms with Gasteiger partial charge in [0.2, 0.25) is 0 Å². The van der Waals surface area contributed by atoms with Crippen LogP contribution in [0, 0.1) is 0 Å². The van der Waals surface area contributed by atoms with Crippen LogP contribution in [-0.4, -0.2) is 48.3 Å². The first kappa shape index (κ1) is 8.49. The number of methoxy groups -OCH3 is 1. The topological polar surface area (TPSA) is 49.8 Å². The van der Waals surface area contributed by atoms with Crippen molar-refractivity contribution in [3.8, 4) is 0 Å². The Morgan fingerprint density at radius 1 is 1.73 bits per heavy atom. The molecule has 1 unspecified atom stereocenters. The first-order valence-electron chi connectivity index (χ1n) is 3.64. The summed E-state index contributed by atoms with van der Waals surface area (Å²) in [5.41, 5.74) is 0. The molecule has 1 aliphatic rings. The maximum absolute atomic E-state index is 11.2. The summed E-state index contributed by atoms with van der Waals surface area (Å²) in [6.07, 6.45) is -0.717. The molecule has 0 saturated carbocycles. The monoisotopic (exact) mass is 159 g/mol. The fraction of sp³-hybridized carbons (Fsp3) is 0.857. The molecule has 1 N–H and O–H groups in total. The summed E-state index contributed by atoms with van der Waals surface area (Å²) in [7, 11) is 1.50. The van der Waals surface area contributed by atoms with E-state index in [1.807, 2.05) is 0 Å². The van der Waals surface area contributed by atoms with Crippen molar-refractivity contribution in [2.24, 2.45) is 0 Å². The minimum atomic E-state index is -0.387. The third-order valence-corrected chi connectivity index (χ3v) is 1.88. The predicted octanol–water partition coefficient (Wildman–Crippen LogP) is -0.776. The molecule has 0 aliphatic carbocycles. The van der Waals surface area contributed by atoms with Gasteiger partial charge in [0.15, 0.2) is 0 Å². The SMILES string of the molecule is COC(C)C(=O)N1CC(O)C1. The molecule has 0 bridgehead atoms. The van der Waals surface area contributed by atoms with Crippen molar-refractivity contribution in [2.45, 2.75) is 19.1 Å². The number of nitrogens with zero attached hydrogens (tertiary/aromatic N) is 1. The van der Waals surface area contributed by atoms with Crippen molar-refractivity contribution in [3.05, 3.63) is 0 Å². The minimum Gasteiger partial charge on any atom is -0.389 e. The van der Waals surface area contributed by atoms with Crippen LogP contribution in [0.5, 0.6) is 0 Å². The third-order valence-electron chi connectivity index (χ3n) is 1.88. The number of rotatable bonds is 2. The maximum atomic E-state index is 11.2. The van der Waals surface area contributed by atoms with Gasteiger partial charge in [-0.25, -0.2) is 0 Å². The second-order valence-corrected chi connectivity index (χ2v) is 2.77. The van der Waals surface area contributed by atoms with E-state index in [0.717, 1.165) is 0 Å². The van der Waals surface area contributed by atoms with E-state index in [1.165, 1.54) is 7.11 Å². The molecule has 0 radical (unpaired) electrons. The van der Waals surface area contributed by atoms with Gasteiger partial charge in [-0.15, -0.1) is 0 Å². The van der Waals surface area contributed by atoms with E-state index in [-0.39, 0.29) is 18.1 Å². The van der Waals surface area contributed by atoms with E-state index in [2.05, 4.69) is 0 Å². The second kappa shape index (κ2) is 3.19. The summed E-state index contributed by atoms with van der Waals surface area (Å²) >= 11 is 0. The van der Waals surface area contributed by atoms with Gasteiger partial charge >= 0.3 is 0 Å². The zero-order valence-corrected chi connectivity index (χ0v) is 6.78. The standard InChI is InChI=1S/C7H13NO3/c1-5(11-2)7(10)8-3-6(9)4-8/h5-6,9H,3-4H2,1-2H3. The lowest BCUT2D eigenvalue weighted by Crippen LogP contribution is -2.56. The van der Waals surface area contributed by atoms with Crippen molar-refractivity contribution in [3.63, 3.8) is 0 Å². The van der Waals surface area contributed by atoms with Gasteiger partial charge in [0.25, 0.3) is 5.91 Å². The normalized spacial score (nSPS) is 21.2. The number of ether oxygens (including phenoxy) is 1. The number of β-amino-alcohol motifs (C(OH)–C–C–N with tert-alkyl or cyclic N) is 1. The molecule has 0 aromatic heterocycles. The summed E-state index contributed by atoms with van der Waals surface area (Å²) in [6, 6.07) is 0. The molecular formula is C7H13NO3. The Morgan fingerprint density at radius 2 is 2.27 bits per heavy atom. The largest absolute Gasteiger partial charge is 0.389 e. The first-order chi connectivity index (χ1) is 5.15. The average Bonchev–Trinajstić information content (AvgIpc) is 1.96. The Labute approximate surface area is 65.8 Å². The van der Waals surface area contributed by atoms with Gasteiger partial charge in [0.05, 0.1) is 6.10 Å². The molecule has 1 heterocycles. The number of carbonyl (C=O) groups excluding carboxylic acids is 1. The number of aliphatic hydroxyl groups is 1. The van der Waals surface area contributed by atoms with Crippen LogP contribution in [0.3, 0.4) is 0 Å². The van der Waals surface area contributed by atoms with Gasteiger partial charge in [0, 0.05) is 20.2 Å². The van der Waals surface area contributed by atoms with Gasteiger partial charge in [-0.3, -0.25) is 4.79 Å². The quantitative estimate of drug-likeness (QED) is 0.575. The molecule has 11 heavy (non-hydrogen) atoms. The molecule has 1 saturated heterocycles. The lowest BCUT2D eigenvalue weighted by atomic mass is 10.1. The van der Waals surface area contributed by atoms with Crippen LogP contribution in [0.2, 0.25) is 0 Å². The zero-order chi connectivity index (χ0) is 8.43. The van der Waals surface area contributed by atoms with Crippen LogP contribution in [0.15, 0.2) is 0 Å². The highest BCUT2D eigenvalue weighted by molar-refractivity contribution is 5.81. The molecule has 0 aromatic carbocycles. The molecule has 1 amide bonds. The lowest BCUT2D eigenvalue weighted by molar-refractivity contribution is -0.151. The van der Waals surface area contributed by atoms with Gasteiger partial charge in [-0.05, 0) is 6.92 Å². The van der Waals surface area contributed by atoms with Crippen molar-refractivity contribution in [2.75, 3.05) is 20.2 Å². The van der Waals surface area contributed by atoms with E-state index in [9.17, 15) is 4.79 Å². The van der Waals surface area contributed by atoms with Crippen LogP contribution in [-0.2, 0) is 9.53 Å². The zero-order valence-electron chi connectivity index (χ0n) is 6.78. The lowest BCUT2D eigenvalue weighted by Gasteiger charge is -2.37. The number of amides is 1. The van der Waals surface area contributed by atoms with Crippen LogP contribution in [0.4, 0.5) is 0 Å². The summed E-state index contributed by atoms with van der Waals surface area (Å²) in [6.45, 7) is 2.60. The van der Waals surface area contributed by atoms with Crippen molar-refractivity contribution in [1.29, 1.82) is 0 Å². The van der Waals surface area contributed by atoms with Gasteiger partial charge in [-0.1, -0.05) is 0 Å². The molecular weight excluding hydrogens is 146 g/mol. The number of likely N-dealkylation sites (tertiary alicyclic amines) is 1. The Hall–Kier alpha value is -0.610. The highest BCUT2D eigenvalue weighted by Gasteiger charge is 2.31. The van der Waals surface area contributed by atoms with E-state index in [1.54, 1.807) is 11.8 Å². The Bertz CT molecular complexity index is 154. The molecule has 0 aromatic rings. The Balaban J connectivity index is 2.31. The van der Waals surface area contributed by atoms with Gasteiger partial charge in [-0.2, -0.15) is 0 Å². The molecule has 4 heteroatoms. The summed E-state index contributed by atoms with van der Waals surface area (Å²) in [5, 5.41) is 8.89. The molecule has 1 rings (SSSR count). The van der Waals surface area contributed by atoms with Crippen LogP contribution < -0.4 is 0 Å². The Morgan fingerprint density at radius 3 is 2.64 bits per heavy atom. The van der Waals surface area contributed by atoms with E-state index >= 15 is 0 Å². The minimum absolute atomic E-state index is 0.0437. The van der Waals surface area contributed by atoms with Crippen LogP contribution in [0.1, 0.15) is 6.92 Å². The molecule has 64 valence electrons. The van der Waals surface area contributed by atoms with Crippen LogP contribution >= 0.6 is 0 Å². The average molecular weight is 159 g/mol. The molecule has 1 fully saturated rings. The van der Waals surface area contributed by atoms with Crippen molar-refractivity contribution < 1.29 is 14.6 Å². The number of hydrogen-bond donors (Lipinski definition) is 1. The van der Waals surface area contributed by atoms with E-state index in [0.29, 0.717) is 13.1 Å². The predicted molar refractivity (Wildman–Crippen MR) is 39.1 cm³/mol. The van der Waals surface area contributed by atoms with Crippen LogP contribution in [0.25, 0.3) is 0 Å². The molecule has 0 spiro atoms. The fourth-order valence-electron chi connectivity index (χ4n) is 0.993.